The molecule has 0 unspecified atom stereocenters. The van der Waals surface area contributed by atoms with Crippen LogP contribution in [0.3, 0.4) is 0 Å². The molecule has 1 saturated heterocycles. The second-order valence-electron chi connectivity index (χ2n) is 8.08. The molecule has 1 fully saturated rings. The summed E-state index contributed by atoms with van der Waals surface area (Å²) in [5, 5.41) is 3.08. The van der Waals surface area contributed by atoms with E-state index in [9.17, 15) is 4.79 Å². The van der Waals surface area contributed by atoms with Crippen LogP contribution in [0.5, 0.6) is 0 Å². The Morgan fingerprint density at radius 1 is 1.30 bits per heavy atom. The van der Waals surface area contributed by atoms with Crippen molar-refractivity contribution in [2.75, 3.05) is 18.4 Å². The van der Waals surface area contributed by atoms with Crippen LogP contribution >= 0.6 is 0 Å². The summed E-state index contributed by atoms with van der Waals surface area (Å²) in [4.78, 5) is 23.1. The van der Waals surface area contributed by atoms with Crippen molar-refractivity contribution in [1.29, 1.82) is 0 Å². The van der Waals surface area contributed by atoms with Crippen LogP contribution in [0.2, 0.25) is 0 Å². The van der Waals surface area contributed by atoms with Gasteiger partial charge in [-0.05, 0) is 62.2 Å². The number of hydrogen-bond donors (Lipinski definition) is 2. The summed E-state index contributed by atoms with van der Waals surface area (Å²) in [7, 11) is 0. The summed E-state index contributed by atoms with van der Waals surface area (Å²) in [6.45, 7) is 4.81. The lowest BCUT2D eigenvalue weighted by atomic mass is 9.97. The third-order valence-corrected chi connectivity index (χ3v) is 5.68. The minimum absolute atomic E-state index is 0.00554. The van der Waals surface area contributed by atoms with E-state index in [2.05, 4.69) is 27.1 Å². The van der Waals surface area contributed by atoms with E-state index >= 15 is 0 Å². The van der Waals surface area contributed by atoms with Crippen molar-refractivity contribution in [2.24, 2.45) is 5.92 Å². The maximum Gasteiger partial charge on any atom is 0.228 e. The van der Waals surface area contributed by atoms with Crippen LogP contribution in [-0.4, -0.2) is 33.9 Å². The molecule has 30 heavy (non-hydrogen) atoms. The molecule has 4 rings (SSSR count). The van der Waals surface area contributed by atoms with Gasteiger partial charge in [0.25, 0.3) is 0 Å². The van der Waals surface area contributed by atoms with Crippen molar-refractivity contribution in [1.82, 2.24) is 14.9 Å². The number of imidazole rings is 1. The predicted molar refractivity (Wildman–Crippen MR) is 118 cm³/mol. The van der Waals surface area contributed by atoms with E-state index in [1.54, 1.807) is 6.26 Å². The van der Waals surface area contributed by atoms with E-state index in [1.165, 1.54) is 6.42 Å². The SMILES string of the molecule is CCCCc1ncc(CN2CCC[C@@H](C(=O)Nc3ccc(-c4ccco4)cc3)C2)[nH]1. The van der Waals surface area contributed by atoms with Crippen LogP contribution in [0.1, 0.15) is 44.1 Å². The highest BCUT2D eigenvalue weighted by Gasteiger charge is 2.26. The van der Waals surface area contributed by atoms with Gasteiger partial charge in [-0.15, -0.1) is 0 Å². The molecule has 158 valence electrons. The molecule has 1 amide bonds. The van der Waals surface area contributed by atoms with Gasteiger partial charge in [-0.3, -0.25) is 9.69 Å². The number of unbranched alkanes of at least 4 members (excludes halogenated alkanes) is 1. The Hall–Kier alpha value is -2.86. The highest BCUT2D eigenvalue weighted by atomic mass is 16.3. The first-order valence-electron chi connectivity index (χ1n) is 10.9. The third-order valence-electron chi connectivity index (χ3n) is 5.68. The van der Waals surface area contributed by atoms with Gasteiger partial charge in [0.15, 0.2) is 0 Å². The quantitative estimate of drug-likeness (QED) is 0.560. The summed E-state index contributed by atoms with van der Waals surface area (Å²) >= 11 is 0. The molecule has 0 spiro atoms. The summed E-state index contributed by atoms with van der Waals surface area (Å²) in [5.41, 5.74) is 2.96. The number of likely N-dealkylation sites (tertiary alicyclic amines) is 1. The van der Waals surface area contributed by atoms with E-state index in [0.29, 0.717) is 0 Å². The van der Waals surface area contributed by atoms with Crippen molar-refractivity contribution < 1.29 is 9.21 Å². The van der Waals surface area contributed by atoms with E-state index in [1.807, 2.05) is 42.6 Å². The average molecular weight is 407 g/mol. The molecule has 0 aliphatic carbocycles. The summed E-state index contributed by atoms with van der Waals surface area (Å²) in [6.07, 6.45) is 8.89. The van der Waals surface area contributed by atoms with E-state index < -0.39 is 0 Å². The summed E-state index contributed by atoms with van der Waals surface area (Å²) in [5.74, 6) is 1.99. The fourth-order valence-electron chi connectivity index (χ4n) is 4.02. The lowest BCUT2D eigenvalue weighted by Gasteiger charge is -2.31. The van der Waals surface area contributed by atoms with Crippen LogP contribution in [0.15, 0.2) is 53.3 Å². The minimum atomic E-state index is 0.00554. The monoisotopic (exact) mass is 406 g/mol. The lowest BCUT2D eigenvalue weighted by molar-refractivity contribution is -0.121. The van der Waals surface area contributed by atoms with E-state index in [-0.39, 0.29) is 11.8 Å². The number of rotatable bonds is 8. The van der Waals surface area contributed by atoms with Gasteiger partial charge in [0.05, 0.1) is 12.2 Å². The fraction of sp³-hybridized carbons (Fsp3) is 0.417. The summed E-state index contributed by atoms with van der Waals surface area (Å²) < 4.78 is 5.42. The number of furan rings is 1. The molecular formula is C24H30N4O2. The van der Waals surface area contributed by atoms with Crippen LogP contribution in [-0.2, 0) is 17.8 Å². The molecular weight excluding hydrogens is 376 g/mol. The third kappa shape index (κ3) is 5.19. The van der Waals surface area contributed by atoms with Gasteiger partial charge in [-0.1, -0.05) is 13.3 Å². The molecule has 1 aliphatic heterocycles. The molecule has 6 heteroatoms. The Labute approximate surface area is 177 Å². The number of H-pyrrole nitrogens is 1. The normalized spacial score (nSPS) is 17.2. The van der Waals surface area contributed by atoms with Gasteiger partial charge >= 0.3 is 0 Å². The number of nitrogens with zero attached hydrogens (tertiary/aromatic N) is 2. The van der Waals surface area contributed by atoms with Gasteiger partial charge in [0.1, 0.15) is 11.6 Å². The minimum Gasteiger partial charge on any atom is -0.464 e. The first kappa shape index (κ1) is 20.4. The molecule has 6 nitrogen and oxygen atoms in total. The number of amides is 1. The molecule has 3 heterocycles. The molecule has 2 aromatic heterocycles. The number of carbonyl (C=O) groups excluding carboxylic acids is 1. The fourth-order valence-corrected chi connectivity index (χ4v) is 4.02. The Kier molecular flexibility index (Phi) is 6.64. The largest absolute Gasteiger partial charge is 0.464 e. The first-order chi connectivity index (χ1) is 14.7. The first-order valence-corrected chi connectivity index (χ1v) is 10.9. The topological polar surface area (TPSA) is 74.2 Å². The lowest BCUT2D eigenvalue weighted by Crippen LogP contribution is -2.40. The second kappa shape index (κ2) is 9.76. The van der Waals surface area contributed by atoms with Gasteiger partial charge < -0.3 is 14.7 Å². The molecule has 1 aromatic carbocycles. The standard InChI is InChI=1S/C24H30N4O2/c1-2-3-8-23-25-15-21(26-23)17-28-13-4-6-19(16-28)24(29)27-20-11-9-18(10-12-20)22-7-5-14-30-22/h5,7,9-12,14-15,19H,2-4,6,8,13,16-17H2,1H3,(H,25,26)(H,27,29)/t19-/m1/s1. The maximum absolute atomic E-state index is 12.8. The van der Waals surface area contributed by atoms with Gasteiger partial charge in [-0.25, -0.2) is 4.98 Å². The number of nitrogens with one attached hydrogen (secondary N) is 2. The zero-order valence-electron chi connectivity index (χ0n) is 17.6. The highest BCUT2D eigenvalue weighted by Crippen LogP contribution is 2.23. The molecule has 0 saturated carbocycles. The van der Waals surface area contributed by atoms with Crippen molar-refractivity contribution in [3.8, 4) is 11.3 Å². The Bertz CT molecular complexity index is 931. The zero-order chi connectivity index (χ0) is 20.8. The molecule has 0 bridgehead atoms. The number of aromatic nitrogens is 2. The van der Waals surface area contributed by atoms with Crippen LogP contribution < -0.4 is 5.32 Å². The number of anilines is 1. The van der Waals surface area contributed by atoms with Crippen LogP contribution in [0.25, 0.3) is 11.3 Å². The highest BCUT2D eigenvalue weighted by molar-refractivity contribution is 5.93. The number of aromatic amines is 1. The number of hydrogen-bond acceptors (Lipinski definition) is 4. The van der Waals surface area contributed by atoms with E-state index in [4.69, 9.17) is 4.42 Å². The van der Waals surface area contributed by atoms with Gasteiger partial charge in [0.2, 0.25) is 5.91 Å². The molecule has 1 atom stereocenters. The molecule has 1 aliphatic rings. The second-order valence-corrected chi connectivity index (χ2v) is 8.08. The number of aryl methyl sites for hydroxylation is 1. The van der Waals surface area contributed by atoms with Crippen molar-refractivity contribution >= 4 is 11.6 Å². The predicted octanol–water partition coefficient (Wildman–Crippen LogP) is 4.86. The van der Waals surface area contributed by atoms with E-state index in [0.717, 1.165) is 73.8 Å². The number of piperidine rings is 1. The van der Waals surface area contributed by atoms with Crippen molar-refractivity contribution in [3.63, 3.8) is 0 Å². The van der Waals surface area contributed by atoms with Crippen LogP contribution in [0, 0.1) is 5.92 Å². The van der Waals surface area contributed by atoms with Crippen molar-refractivity contribution in [3.05, 3.63) is 60.4 Å². The molecule has 0 radical (unpaired) electrons. The van der Waals surface area contributed by atoms with Crippen molar-refractivity contribution in [2.45, 2.75) is 45.6 Å². The van der Waals surface area contributed by atoms with Crippen LogP contribution in [0.4, 0.5) is 5.69 Å². The zero-order valence-corrected chi connectivity index (χ0v) is 17.6. The Balaban J connectivity index is 1.30. The summed E-state index contributed by atoms with van der Waals surface area (Å²) in [6, 6.07) is 11.6. The average Bonchev–Trinajstić information content (AvgIpc) is 3.45. The number of benzene rings is 1. The van der Waals surface area contributed by atoms with Gasteiger partial charge in [0, 0.05) is 42.7 Å². The Morgan fingerprint density at radius 3 is 2.93 bits per heavy atom. The number of carbonyl (C=O) groups is 1. The maximum atomic E-state index is 12.8. The van der Waals surface area contributed by atoms with Gasteiger partial charge in [-0.2, -0.15) is 0 Å². The Morgan fingerprint density at radius 2 is 2.17 bits per heavy atom. The molecule has 3 aromatic rings. The smallest absolute Gasteiger partial charge is 0.228 e. The molecule has 2 N–H and O–H groups in total.